The fraction of sp³-hybridized carbons (Fsp3) is 0.529. The Morgan fingerprint density at radius 3 is 2.43 bits per heavy atom. The number of rotatable bonds is 2. The van der Waals surface area contributed by atoms with Crippen LogP contribution in [0.2, 0.25) is 0 Å². The highest BCUT2D eigenvalue weighted by Crippen LogP contribution is 2.41. The average Bonchev–Trinajstić information content (AvgIpc) is 2.60. The van der Waals surface area contributed by atoms with Crippen LogP contribution >= 0.6 is 0 Å². The van der Waals surface area contributed by atoms with E-state index < -0.39 is 11.9 Å². The molecule has 6 nitrogen and oxygen atoms in total. The Kier molecular flexibility index (Phi) is 4.26. The SMILES string of the molecule is COC(=O)c1ccc2c(c1C(=O)OC)OC1(CCNCC1)CC2. The Balaban J connectivity index is 2.08. The van der Waals surface area contributed by atoms with Crippen LogP contribution in [0.5, 0.6) is 5.75 Å². The molecule has 124 valence electrons. The van der Waals surface area contributed by atoms with Crippen LogP contribution in [0.1, 0.15) is 45.5 Å². The zero-order chi connectivity index (χ0) is 16.4. The zero-order valence-electron chi connectivity index (χ0n) is 13.4. The van der Waals surface area contributed by atoms with Gasteiger partial charge in [-0.2, -0.15) is 0 Å². The summed E-state index contributed by atoms with van der Waals surface area (Å²) in [5.41, 5.74) is 1.02. The van der Waals surface area contributed by atoms with Crippen molar-refractivity contribution < 1.29 is 23.8 Å². The number of hydrogen-bond acceptors (Lipinski definition) is 6. The maximum absolute atomic E-state index is 12.3. The number of ether oxygens (including phenoxy) is 3. The van der Waals surface area contributed by atoms with Gasteiger partial charge in [-0.3, -0.25) is 0 Å². The van der Waals surface area contributed by atoms with Gasteiger partial charge in [-0.15, -0.1) is 0 Å². The molecule has 0 radical (unpaired) electrons. The Morgan fingerprint density at radius 1 is 1.09 bits per heavy atom. The van der Waals surface area contributed by atoms with E-state index in [9.17, 15) is 9.59 Å². The number of carbonyl (C=O) groups excluding carboxylic acids is 2. The molecule has 1 saturated heterocycles. The van der Waals surface area contributed by atoms with Gasteiger partial charge in [-0.1, -0.05) is 6.07 Å². The average molecular weight is 319 g/mol. The van der Waals surface area contributed by atoms with Gasteiger partial charge in [0.15, 0.2) is 0 Å². The van der Waals surface area contributed by atoms with Crippen LogP contribution < -0.4 is 10.1 Å². The summed E-state index contributed by atoms with van der Waals surface area (Å²) >= 11 is 0. The third-order valence-corrected chi connectivity index (χ3v) is 4.72. The first-order valence-electron chi connectivity index (χ1n) is 7.82. The summed E-state index contributed by atoms with van der Waals surface area (Å²) < 4.78 is 16.0. The fourth-order valence-electron chi connectivity index (χ4n) is 3.39. The van der Waals surface area contributed by atoms with Gasteiger partial charge < -0.3 is 19.5 Å². The van der Waals surface area contributed by atoms with E-state index in [0.29, 0.717) is 5.75 Å². The van der Waals surface area contributed by atoms with Gasteiger partial charge in [0.2, 0.25) is 0 Å². The van der Waals surface area contributed by atoms with Gasteiger partial charge in [0.05, 0.1) is 19.8 Å². The van der Waals surface area contributed by atoms with Crippen molar-refractivity contribution in [1.29, 1.82) is 0 Å². The van der Waals surface area contributed by atoms with Crippen molar-refractivity contribution in [2.75, 3.05) is 27.3 Å². The smallest absolute Gasteiger partial charge is 0.342 e. The Bertz CT molecular complexity index is 634. The van der Waals surface area contributed by atoms with Crippen molar-refractivity contribution in [3.63, 3.8) is 0 Å². The number of methoxy groups -OCH3 is 2. The maximum Gasteiger partial charge on any atom is 0.342 e. The van der Waals surface area contributed by atoms with E-state index in [1.54, 1.807) is 6.07 Å². The van der Waals surface area contributed by atoms with Crippen LogP contribution in [0.3, 0.4) is 0 Å². The highest BCUT2D eigenvalue weighted by Gasteiger charge is 2.40. The van der Waals surface area contributed by atoms with Gasteiger partial charge in [0, 0.05) is 0 Å². The first kappa shape index (κ1) is 15.8. The quantitative estimate of drug-likeness (QED) is 0.837. The van der Waals surface area contributed by atoms with Gasteiger partial charge in [-0.25, -0.2) is 9.59 Å². The second-order valence-electron chi connectivity index (χ2n) is 5.99. The normalized spacial score (nSPS) is 18.7. The molecular formula is C17H21NO5. The minimum Gasteiger partial charge on any atom is -0.486 e. The van der Waals surface area contributed by atoms with Gasteiger partial charge in [-0.05, 0) is 50.4 Å². The van der Waals surface area contributed by atoms with Crippen LogP contribution in [-0.2, 0) is 15.9 Å². The Labute approximate surface area is 135 Å². The summed E-state index contributed by atoms with van der Waals surface area (Å²) in [5, 5.41) is 3.32. The van der Waals surface area contributed by atoms with E-state index in [2.05, 4.69) is 5.32 Å². The second kappa shape index (κ2) is 6.20. The van der Waals surface area contributed by atoms with Crippen LogP contribution in [-0.4, -0.2) is 44.8 Å². The number of piperidine rings is 1. The molecule has 1 spiro atoms. The van der Waals surface area contributed by atoms with Crippen LogP contribution in [0.15, 0.2) is 12.1 Å². The van der Waals surface area contributed by atoms with Crippen molar-refractivity contribution >= 4 is 11.9 Å². The van der Waals surface area contributed by atoms with Crippen LogP contribution in [0, 0.1) is 0 Å². The summed E-state index contributed by atoms with van der Waals surface area (Å²) in [6.07, 6.45) is 3.51. The molecule has 1 fully saturated rings. The zero-order valence-corrected chi connectivity index (χ0v) is 13.4. The minimum absolute atomic E-state index is 0.175. The van der Waals surface area contributed by atoms with Crippen molar-refractivity contribution in [2.45, 2.75) is 31.3 Å². The predicted molar refractivity (Wildman–Crippen MR) is 82.9 cm³/mol. The molecule has 2 heterocycles. The second-order valence-corrected chi connectivity index (χ2v) is 5.99. The Hall–Kier alpha value is -2.08. The topological polar surface area (TPSA) is 73.9 Å². The Morgan fingerprint density at radius 2 is 1.78 bits per heavy atom. The summed E-state index contributed by atoms with van der Waals surface area (Å²) in [7, 11) is 2.59. The molecule has 6 heteroatoms. The predicted octanol–water partition coefficient (Wildman–Crippen LogP) is 1.71. The van der Waals surface area contributed by atoms with Gasteiger partial charge in [0.25, 0.3) is 0 Å². The minimum atomic E-state index is -0.576. The van der Waals surface area contributed by atoms with Crippen LogP contribution in [0.4, 0.5) is 0 Å². The van der Waals surface area contributed by atoms with E-state index in [4.69, 9.17) is 14.2 Å². The molecule has 3 rings (SSSR count). The molecule has 0 bridgehead atoms. The molecule has 1 N–H and O–H groups in total. The third-order valence-electron chi connectivity index (χ3n) is 4.72. The molecule has 0 aromatic heterocycles. The molecule has 0 saturated carbocycles. The molecule has 0 unspecified atom stereocenters. The van der Waals surface area contributed by atoms with Crippen molar-refractivity contribution in [2.24, 2.45) is 0 Å². The molecule has 0 atom stereocenters. The fourth-order valence-corrected chi connectivity index (χ4v) is 3.39. The number of carbonyl (C=O) groups is 2. The molecule has 2 aliphatic rings. The number of nitrogens with one attached hydrogen (secondary N) is 1. The van der Waals surface area contributed by atoms with Crippen LogP contribution in [0.25, 0.3) is 0 Å². The lowest BCUT2D eigenvalue weighted by atomic mass is 9.82. The standard InChI is InChI=1S/C17H21NO5/c1-21-15(19)12-4-3-11-5-6-17(7-9-18-10-8-17)23-14(11)13(12)16(20)22-2/h3-4,18H,5-10H2,1-2H3. The molecule has 2 aliphatic heterocycles. The summed E-state index contributed by atoms with van der Waals surface area (Å²) in [4.78, 5) is 24.3. The van der Waals surface area contributed by atoms with Gasteiger partial charge in [0.1, 0.15) is 16.9 Å². The van der Waals surface area contributed by atoms with E-state index in [-0.39, 0.29) is 16.7 Å². The lowest BCUT2D eigenvalue weighted by Crippen LogP contribution is -2.48. The molecule has 23 heavy (non-hydrogen) atoms. The number of benzene rings is 1. The number of aryl methyl sites for hydroxylation is 1. The molecule has 1 aromatic carbocycles. The highest BCUT2D eigenvalue weighted by atomic mass is 16.5. The van der Waals surface area contributed by atoms with Crippen molar-refractivity contribution in [3.05, 3.63) is 28.8 Å². The highest BCUT2D eigenvalue weighted by molar-refractivity contribution is 6.05. The summed E-state index contributed by atoms with van der Waals surface area (Å²) in [6, 6.07) is 3.45. The number of hydrogen-bond donors (Lipinski definition) is 1. The summed E-state index contributed by atoms with van der Waals surface area (Å²) in [6.45, 7) is 1.78. The first-order chi connectivity index (χ1) is 11.1. The summed E-state index contributed by atoms with van der Waals surface area (Å²) in [5.74, 6) is -0.664. The number of esters is 2. The molecule has 1 aromatic rings. The molecule has 0 amide bonds. The third kappa shape index (κ3) is 2.79. The van der Waals surface area contributed by atoms with Gasteiger partial charge >= 0.3 is 11.9 Å². The monoisotopic (exact) mass is 319 g/mol. The lowest BCUT2D eigenvalue weighted by Gasteiger charge is -2.42. The van der Waals surface area contributed by atoms with E-state index in [1.807, 2.05) is 6.07 Å². The van der Waals surface area contributed by atoms with Crippen molar-refractivity contribution in [3.8, 4) is 5.75 Å². The first-order valence-corrected chi connectivity index (χ1v) is 7.82. The van der Waals surface area contributed by atoms with Crippen molar-refractivity contribution in [1.82, 2.24) is 5.32 Å². The maximum atomic E-state index is 12.3. The van der Waals surface area contributed by atoms with E-state index >= 15 is 0 Å². The largest absolute Gasteiger partial charge is 0.486 e. The molecule has 0 aliphatic carbocycles. The van der Waals surface area contributed by atoms with E-state index in [0.717, 1.165) is 44.3 Å². The lowest BCUT2D eigenvalue weighted by molar-refractivity contribution is 0.0145. The molecular weight excluding hydrogens is 298 g/mol. The number of fused-ring (bicyclic) bond motifs is 1. The van der Waals surface area contributed by atoms with E-state index in [1.165, 1.54) is 14.2 Å².